The number of anilines is 1. The van der Waals surface area contributed by atoms with Gasteiger partial charge in [0.15, 0.2) is 0 Å². The van der Waals surface area contributed by atoms with Crippen LogP contribution >= 0.6 is 0 Å². The Balaban J connectivity index is 2.51. The molecule has 16 heavy (non-hydrogen) atoms. The lowest BCUT2D eigenvalue weighted by atomic mass is 9.92. The van der Waals surface area contributed by atoms with Crippen molar-refractivity contribution in [1.29, 1.82) is 0 Å². The molecule has 84 valence electrons. The van der Waals surface area contributed by atoms with Gasteiger partial charge in [0.05, 0.1) is 0 Å². The summed E-state index contributed by atoms with van der Waals surface area (Å²) >= 11 is 0. The van der Waals surface area contributed by atoms with Crippen LogP contribution in [0.4, 0.5) is 5.69 Å². The molecule has 0 aromatic heterocycles. The molecular formula is C14H17NO. The molecule has 0 atom stereocenters. The topological polar surface area (TPSA) is 21.3 Å². The van der Waals surface area contributed by atoms with Gasteiger partial charge >= 0.3 is 0 Å². The lowest BCUT2D eigenvalue weighted by molar-refractivity contribution is 0.149. The van der Waals surface area contributed by atoms with Gasteiger partial charge in [0.25, 0.3) is 0 Å². The average Bonchev–Trinajstić information content (AvgIpc) is 2.26. The fourth-order valence-electron chi connectivity index (χ4n) is 1.88. The second-order valence-corrected chi connectivity index (χ2v) is 4.42. The molecule has 0 amide bonds. The molecule has 0 aliphatic carbocycles. The van der Waals surface area contributed by atoms with Crippen LogP contribution in [-0.4, -0.2) is 12.6 Å². The summed E-state index contributed by atoms with van der Waals surface area (Å²) in [5.41, 5.74) is 2.97. The predicted octanol–water partition coefficient (Wildman–Crippen LogP) is 3.47. The van der Waals surface area contributed by atoms with Crippen molar-refractivity contribution in [1.82, 2.24) is 0 Å². The summed E-state index contributed by atoms with van der Waals surface area (Å²) in [6.45, 7) is 7.93. The highest BCUT2D eigenvalue weighted by Gasteiger charge is 2.28. The smallest absolute Gasteiger partial charge is 0.129 e. The Morgan fingerprint density at radius 1 is 1.38 bits per heavy atom. The summed E-state index contributed by atoms with van der Waals surface area (Å²) in [5, 5.41) is 3.11. The van der Waals surface area contributed by atoms with E-state index in [4.69, 9.17) is 4.74 Å². The lowest BCUT2D eigenvalue weighted by Gasteiger charge is -2.32. The van der Waals surface area contributed by atoms with Crippen molar-refractivity contribution in [2.24, 2.45) is 0 Å². The fraction of sp³-hybridized carbons (Fsp3) is 0.286. The molecule has 1 aliphatic rings. The Labute approximate surface area is 96.6 Å². The summed E-state index contributed by atoms with van der Waals surface area (Å²) in [6, 6.07) is 6.12. The van der Waals surface area contributed by atoms with E-state index in [1.165, 1.54) is 0 Å². The molecule has 1 aromatic rings. The first-order chi connectivity index (χ1) is 7.56. The van der Waals surface area contributed by atoms with Crippen molar-refractivity contribution in [2.45, 2.75) is 19.4 Å². The predicted molar refractivity (Wildman–Crippen MR) is 68.9 cm³/mol. The highest BCUT2D eigenvalue weighted by molar-refractivity contribution is 5.69. The minimum Gasteiger partial charge on any atom is -0.482 e. The average molecular weight is 215 g/mol. The van der Waals surface area contributed by atoms with Crippen molar-refractivity contribution in [3.63, 3.8) is 0 Å². The van der Waals surface area contributed by atoms with Crippen molar-refractivity contribution in [3.05, 3.63) is 42.0 Å². The number of rotatable bonds is 2. The minimum atomic E-state index is -0.304. The molecule has 0 fully saturated rings. The van der Waals surface area contributed by atoms with E-state index >= 15 is 0 Å². The van der Waals surface area contributed by atoms with Crippen LogP contribution in [0, 0.1) is 0 Å². The van der Waals surface area contributed by atoms with E-state index < -0.39 is 0 Å². The van der Waals surface area contributed by atoms with E-state index in [1.807, 2.05) is 25.3 Å². The molecule has 0 spiro atoms. The van der Waals surface area contributed by atoms with E-state index in [-0.39, 0.29) is 5.60 Å². The molecule has 2 rings (SSSR count). The van der Waals surface area contributed by atoms with Crippen LogP contribution in [0.3, 0.4) is 0 Å². The van der Waals surface area contributed by atoms with Crippen molar-refractivity contribution >= 4 is 11.8 Å². The summed E-state index contributed by atoms with van der Waals surface area (Å²) in [4.78, 5) is 0. The van der Waals surface area contributed by atoms with Gasteiger partial charge in [-0.05, 0) is 37.6 Å². The second kappa shape index (κ2) is 3.71. The van der Waals surface area contributed by atoms with Gasteiger partial charge in [-0.25, -0.2) is 0 Å². The molecule has 2 heteroatoms. The summed E-state index contributed by atoms with van der Waals surface area (Å²) in [5.74, 6) is 0.919. The normalized spacial score (nSPS) is 16.8. The largest absolute Gasteiger partial charge is 0.482 e. The molecule has 0 saturated heterocycles. The van der Waals surface area contributed by atoms with Gasteiger partial charge in [0.2, 0.25) is 0 Å². The number of benzene rings is 1. The highest BCUT2D eigenvalue weighted by Crippen LogP contribution is 2.37. The van der Waals surface area contributed by atoms with Gasteiger partial charge in [0.1, 0.15) is 11.4 Å². The number of hydrogen-bond donors (Lipinski definition) is 1. The number of fused-ring (bicyclic) bond motifs is 1. The van der Waals surface area contributed by atoms with E-state index in [1.54, 1.807) is 0 Å². The van der Waals surface area contributed by atoms with E-state index in [0.29, 0.717) is 0 Å². The minimum absolute atomic E-state index is 0.304. The molecule has 0 radical (unpaired) electrons. The SMILES string of the molecule is C=CC1=Cc2ccc(NC)cc2OC1(C)C. The molecule has 0 bridgehead atoms. The van der Waals surface area contributed by atoms with Crippen LogP contribution in [0.5, 0.6) is 5.75 Å². The second-order valence-electron chi connectivity index (χ2n) is 4.42. The molecule has 1 aliphatic heterocycles. The van der Waals surface area contributed by atoms with Crippen molar-refractivity contribution in [2.75, 3.05) is 12.4 Å². The number of nitrogens with one attached hydrogen (secondary N) is 1. The van der Waals surface area contributed by atoms with Crippen LogP contribution in [0.2, 0.25) is 0 Å². The summed E-state index contributed by atoms with van der Waals surface area (Å²) in [7, 11) is 1.90. The van der Waals surface area contributed by atoms with Crippen LogP contribution in [-0.2, 0) is 0 Å². The van der Waals surface area contributed by atoms with E-state index in [9.17, 15) is 0 Å². The Bertz CT molecular complexity index is 458. The van der Waals surface area contributed by atoms with Gasteiger partial charge in [-0.15, -0.1) is 0 Å². The van der Waals surface area contributed by atoms with Gasteiger partial charge < -0.3 is 10.1 Å². The molecule has 2 nitrogen and oxygen atoms in total. The number of ether oxygens (including phenoxy) is 1. The lowest BCUT2D eigenvalue weighted by Crippen LogP contribution is -2.32. The maximum Gasteiger partial charge on any atom is 0.129 e. The fourth-order valence-corrected chi connectivity index (χ4v) is 1.88. The summed E-state index contributed by atoms with van der Waals surface area (Å²) in [6.07, 6.45) is 3.99. The Morgan fingerprint density at radius 3 is 2.75 bits per heavy atom. The third-order valence-corrected chi connectivity index (χ3v) is 2.89. The zero-order chi connectivity index (χ0) is 11.8. The van der Waals surface area contributed by atoms with Crippen LogP contribution < -0.4 is 10.1 Å². The molecular weight excluding hydrogens is 198 g/mol. The summed E-state index contributed by atoms with van der Waals surface area (Å²) < 4.78 is 5.99. The van der Waals surface area contributed by atoms with Crippen LogP contribution in [0.25, 0.3) is 6.08 Å². The van der Waals surface area contributed by atoms with Gasteiger partial charge in [-0.1, -0.05) is 12.7 Å². The van der Waals surface area contributed by atoms with Gasteiger partial charge in [-0.2, -0.15) is 0 Å². The number of hydrogen-bond acceptors (Lipinski definition) is 2. The van der Waals surface area contributed by atoms with Gasteiger partial charge in [0, 0.05) is 24.4 Å². The first-order valence-electron chi connectivity index (χ1n) is 5.42. The highest BCUT2D eigenvalue weighted by atomic mass is 16.5. The Morgan fingerprint density at radius 2 is 2.12 bits per heavy atom. The maximum atomic E-state index is 5.99. The van der Waals surface area contributed by atoms with Gasteiger partial charge in [-0.3, -0.25) is 0 Å². The van der Waals surface area contributed by atoms with Crippen molar-refractivity contribution < 1.29 is 4.74 Å². The molecule has 1 N–H and O–H groups in total. The quantitative estimate of drug-likeness (QED) is 0.815. The first kappa shape index (κ1) is 10.8. The van der Waals surface area contributed by atoms with Crippen LogP contribution in [0.1, 0.15) is 19.4 Å². The zero-order valence-electron chi connectivity index (χ0n) is 10.0. The van der Waals surface area contributed by atoms with Crippen LogP contribution in [0.15, 0.2) is 36.4 Å². The Hall–Kier alpha value is -1.70. The molecule has 0 unspecified atom stereocenters. The van der Waals surface area contributed by atoms with E-state index in [0.717, 1.165) is 22.6 Å². The standard InChI is InChI=1S/C14H17NO/c1-5-11-8-10-6-7-12(15-4)9-13(10)16-14(11,2)3/h5-9,15H,1H2,2-4H3. The van der Waals surface area contributed by atoms with Crippen molar-refractivity contribution in [3.8, 4) is 5.75 Å². The zero-order valence-corrected chi connectivity index (χ0v) is 10.0. The maximum absolute atomic E-state index is 5.99. The Kier molecular flexibility index (Phi) is 2.50. The molecule has 1 heterocycles. The van der Waals surface area contributed by atoms with E-state index in [2.05, 4.69) is 37.9 Å². The molecule has 0 saturated carbocycles. The third kappa shape index (κ3) is 1.71. The third-order valence-electron chi connectivity index (χ3n) is 2.89. The first-order valence-corrected chi connectivity index (χ1v) is 5.42. The molecule has 1 aromatic carbocycles. The monoisotopic (exact) mass is 215 g/mol.